The van der Waals surface area contributed by atoms with E-state index in [-0.39, 0.29) is 11.9 Å². The molecule has 2 heterocycles. The van der Waals surface area contributed by atoms with Crippen LogP contribution >= 0.6 is 0 Å². The molecule has 23 heavy (non-hydrogen) atoms. The minimum absolute atomic E-state index is 0.270. The molecule has 1 aromatic carbocycles. The van der Waals surface area contributed by atoms with Crippen LogP contribution < -0.4 is 9.80 Å². The molecule has 5 nitrogen and oxygen atoms in total. The van der Waals surface area contributed by atoms with Gasteiger partial charge in [0.1, 0.15) is 5.82 Å². The van der Waals surface area contributed by atoms with Gasteiger partial charge in [-0.15, -0.1) is 5.10 Å². The predicted molar refractivity (Wildman–Crippen MR) is 86.8 cm³/mol. The highest BCUT2D eigenvalue weighted by Gasteiger charge is 2.27. The lowest BCUT2D eigenvalue weighted by Gasteiger charge is -2.30. The maximum Gasteiger partial charge on any atom is 0.151 e. The number of benzene rings is 1. The van der Waals surface area contributed by atoms with Crippen molar-refractivity contribution >= 4 is 11.5 Å². The Hall–Kier alpha value is -2.68. The molecule has 1 aliphatic heterocycles. The van der Waals surface area contributed by atoms with Crippen LogP contribution in [0.1, 0.15) is 18.4 Å². The van der Waals surface area contributed by atoms with Gasteiger partial charge in [0.25, 0.3) is 0 Å². The number of halogens is 1. The third-order valence-corrected chi connectivity index (χ3v) is 4.20. The molecule has 0 saturated carbocycles. The van der Waals surface area contributed by atoms with Gasteiger partial charge < -0.3 is 9.80 Å². The highest BCUT2D eigenvalue weighted by atomic mass is 19.1. The van der Waals surface area contributed by atoms with E-state index in [9.17, 15) is 4.39 Å². The van der Waals surface area contributed by atoms with Gasteiger partial charge >= 0.3 is 0 Å². The summed E-state index contributed by atoms with van der Waals surface area (Å²) in [5.41, 5.74) is 0.844. The van der Waals surface area contributed by atoms with E-state index in [1.54, 1.807) is 18.3 Å². The second-order valence-corrected chi connectivity index (χ2v) is 5.73. The Morgan fingerprint density at radius 1 is 1.43 bits per heavy atom. The molecule has 0 radical (unpaired) electrons. The number of anilines is 2. The first kappa shape index (κ1) is 15.2. The number of hydrogen-bond donors (Lipinski definition) is 0. The van der Waals surface area contributed by atoms with Gasteiger partial charge in [0.05, 0.1) is 17.3 Å². The molecule has 0 N–H and O–H groups in total. The lowest BCUT2D eigenvalue weighted by Crippen LogP contribution is -2.39. The molecule has 0 spiro atoms. The molecule has 6 heteroatoms. The van der Waals surface area contributed by atoms with Crippen LogP contribution in [0.15, 0.2) is 36.5 Å². The molecule has 0 aliphatic carbocycles. The molecule has 1 atom stereocenters. The summed E-state index contributed by atoms with van der Waals surface area (Å²) in [5.74, 6) is 0.499. The summed E-state index contributed by atoms with van der Waals surface area (Å²) < 4.78 is 14.2. The van der Waals surface area contributed by atoms with Gasteiger partial charge in [-0.2, -0.15) is 10.4 Å². The maximum absolute atomic E-state index is 14.2. The van der Waals surface area contributed by atoms with E-state index in [2.05, 4.69) is 15.1 Å². The number of hydrogen-bond acceptors (Lipinski definition) is 5. The number of likely N-dealkylation sites (N-methyl/N-ethyl adjacent to an activating group) is 1. The third kappa shape index (κ3) is 3.24. The highest BCUT2D eigenvalue weighted by molar-refractivity contribution is 5.51. The number of nitrogens with zero attached hydrogens (tertiary/aromatic N) is 5. The SMILES string of the molecule is CN(CC1CCCN1c1cccnn1)c1ccc(C#N)cc1F. The average Bonchev–Trinajstić information content (AvgIpc) is 3.03. The van der Waals surface area contributed by atoms with Crippen molar-refractivity contribution in [3.63, 3.8) is 0 Å². The van der Waals surface area contributed by atoms with Crippen molar-refractivity contribution in [2.45, 2.75) is 18.9 Å². The van der Waals surface area contributed by atoms with Gasteiger partial charge in [-0.1, -0.05) is 0 Å². The lowest BCUT2D eigenvalue weighted by atomic mass is 10.1. The summed E-state index contributed by atoms with van der Waals surface area (Å²) in [6, 6.07) is 10.6. The van der Waals surface area contributed by atoms with Gasteiger partial charge in [-0.25, -0.2) is 4.39 Å². The fourth-order valence-corrected chi connectivity index (χ4v) is 3.07. The van der Waals surface area contributed by atoms with Gasteiger partial charge in [-0.05, 0) is 43.2 Å². The van der Waals surface area contributed by atoms with Crippen LogP contribution in [0.25, 0.3) is 0 Å². The van der Waals surface area contributed by atoms with Gasteiger partial charge in [0, 0.05) is 32.4 Å². The molecule has 2 aromatic rings. The van der Waals surface area contributed by atoms with E-state index >= 15 is 0 Å². The first-order valence-electron chi connectivity index (χ1n) is 7.64. The maximum atomic E-state index is 14.2. The van der Waals surface area contributed by atoms with Crippen molar-refractivity contribution in [2.24, 2.45) is 0 Å². The molecule has 1 aromatic heterocycles. The monoisotopic (exact) mass is 311 g/mol. The van der Waals surface area contributed by atoms with E-state index in [4.69, 9.17) is 5.26 Å². The van der Waals surface area contributed by atoms with E-state index in [0.717, 1.165) is 25.2 Å². The molecule has 1 unspecified atom stereocenters. The smallest absolute Gasteiger partial charge is 0.151 e. The molecular formula is C17H18FN5. The largest absolute Gasteiger partial charge is 0.370 e. The van der Waals surface area contributed by atoms with Gasteiger partial charge in [-0.3, -0.25) is 0 Å². The number of aromatic nitrogens is 2. The van der Waals surface area contributed by atoms with E-state index in [1.165, 1.54) is 6.07 Å². The van der Waals surface area contributed by atoms with Crippen molar-refractivity contribution < 1.29 is 4.39 Å². The Balaban J connectivity index is 1.74. The molecular weight excluding hydrogens is 293 g/mol. The Labute approximate surface area is 135 Å². The summed E-state index contributed by atoms with van der Waals surface area (Å²) in [6.45, 7) is 1.63. The molecule has 0 bridgehead atoms. The normalized spacial score (nSPS) is 17.1. The molecule has 118 valence electrons. The number of rotatable bonds is 4. The zero-order valence-corrected chi connectivity index (χ0v) is 13.0. The highest BCUT2D eigenvalue weighted by Crippen LogP contribution is 2.26. The quantitative estimate of drug-likeness (QED) is 0.868. The van der Waals surface area contributed by atoms with Crippen LogP contribution in [0.2, 0.25) is 0 Å². The summed E-state index contributed by atoms with van der Waals surface area (Å²) in [6.07, 6.45) is 3.79. The van der Waals surface area contributed by atoms with E-state index in [0.29, 0.717) is 17.8 Å². The zero-order valence-electron chi connectivity index (χ0n) is 13.0. The van der Waals surface area contributed by atoms with Crippen molar-refractivity contribution in [2.75, 3.05) is 29.9 Å². The van der Waals surface area contributed by atoms with Crippen LogP contribution in [0.5, 0.6) is 0 Å². The average molecular weight is 311 g/mol. The minimum Gasteiger partial charge on any atom is -0.370 e. The Bertz CT molecular complexity index is 713. The van der Waals surface area contributed by atoms with Crippen molar-refractivity contribution in [1.82, 2.24) is 10.2 Å². The zero-order chi connectivity index (χ0) is 16.2. The van der Waals surface area contributed by atoms with Crippen molar-refractivity contribution in [3.05, 3.63) is 47.9 Å². The predicted octanol–water partition coefficient (Wildman–Crippen LogP) is 2.59. The minimum atomic E-state index is -0.365. The molecule has 1 saturated heterocycles. The molecule has 3 rings (SSSR count). The van der Waals surface area contributed by atoms with Crippen LogP contribution in [-0.4, -0.2) is 36.4 Å². The second-order valence-electron chi connectivity index (χ2n) is 5.73. The standard InChI is InChI=1S/C17H18FN5/c1-22(16-7-6-13(11-19)10-15(16)18)12-14-4-3-9-23(14)17-5-2-8-20-21-17/h2,5-8,10,14H,3-4,9,12H2,1H3. The van der Waals surface area contributed by atoms with Crippen molar-refractivity contribution in [3.8, 4) is 6.07 Å². The second kappa shape index (κ2) is 6.61. The van der Waals surface area contributed by atoms with Crippen LogP contribution in [0.4, 0.5) is 15.9 Å². The fourth-order valence-electron chi connectivity index (χ4n) is 3.07. The summed E-state index contributed by atoms with van der Waals surface area (Å²) in [4.78, 5) is 4.13. The van der Waals surface area contributed by atoms with E-state index in [1.807, 2.05) is 30.1 Å². The van der Waals surface area contributed by atoms with E-state index < -0.39 is 0 Å². The third-order valence-electron chi connectivity index (χ3n) is 4.20. The first-order valence-corrected chi connectivity index (χ1v) is 7.64. The summed E-state index contributed by atoms with van der Waals surface area (Å²) in [5, 5.41) is 16.9. The fraction of sp³-hybridized carbons (Fsp3) is 0.353. The Morgan fingerprint density at radius 3 is 3.00 bits per heavy atom. The van der Waals surface area contributed by atoms with Crippen LogP contribution in [0, 0.1) is 17.1 Å². The lowest BCUT2D eigenvalue weighted by molar-refractivity contribution is 0.605. The molecule has 1 aliphatic rings. The molecule has 1 fully saturated rings. The van der Waals surface area contributed by atoms with Crippen LogP contribution in [-0.2, 0) is 0 Å². The Kier molecular flexibility index (Phi) is 4.38. The number of nitriles is 1. The molecule has 0 amide bonds. The van der Waals surface area contributed by atoms with Gasteiger partial charge in [0.15, 0.2) is 5.82 Å². The van der Waals surface area contributed by atoms with Crippen molar-refractivity contribution in [1.29, 1.82) is 5.26 Å². The van der Waals surface area contributed by atoms with Crippen LogP contribution in [0.3, 0.4) is 0 Å². The topological polar surface area (TPSA) is 56.1 Å². The summed E-state index contributed by atoms with van der Waals surface area (Å²) in [7, 11) is 1.87. The first-order chi connectivity index (χ1) is 11.2. The van der Waals surface area contributed by atoms with Gasteiger partial charge in [0.2, 0.25) is 0 Å². The summed E-state index contributed by atoms with van der Waals surface area (Å²) >= 11 is 0. The Morgan fingerprint density at radius 2 is 2.30 bits per heavy atom.